The predicted octanol–water partition coefficient (Wildman–Crippen LogP) is -0.381. The molecule has 1 aromatic carbocycles. The summed E-state index contributed by atoms with van der Waals surface area (Å²) in [6.07, 6.45) is 0. The first kappa shape index (κ1) is 8.34. The summed E-state index contributed by atoms with van der Waals surface area (Å²) in [6, 6.07) is 8.18. The second kappa shape index (κ2) is 4.19. The zero-order valence-corrected chi connectivity index (χ0v) is 8.69. The summed E-state index contributed by atoms with van der Waals surface area (Å²) in [6.45, 7) is 2.22. The molecule has 0 spiro atoms. The molecule has 0 atom stereocenters. The van der Waals surface area contributed by atoms with Gasteiger partial charge in [0, 0.05) is 0 Å². The van der Waals surface area contributed by atoms with Crippen molar-refractivity contribution in [2.24, 2.45) is 0 Å². The molecule has 0 aliphatic carbocycles. The summed E-state index contributed by atoms with van der Waals surface area (Å²) in [5.41, 5.74) is 0. The first-order valence-electron chi connectivity index (χ1n) is 3.17. The van der Waals surface area contributed by atoms with E-state index in [1.807, 2.05) is 12.1 Å². The normalized spacial score (nSPS) is 10.2. The predicted molar refractivity (Wildman–Crippen MR) is 40.7 cm³/mol. The zero-order chi connectivity index (χ0) is 7.40. The molecule has 0 fully saturated rings. The molecule has 0 bridgehead atoms. The first-order valence-corrected chi connectivity index (χ1v) is 6.16. The number of alkyl halides is 1. The Balaban J connectivity index is 2.69. The fourth-order valence-electron chi connectivity index (χ4n) is 0.673. The first-order chi connectivity index (χ1) is 4.83. The molecule has 10 heavy (non-hydrogen) atoms. The molecule has 0 radical (unpaired) electrons. The molecular formula is C8H9ClI-. The van der Waals surface area contributed by atoms with E-state index in [0.717, 1.165) is 5.02 Å². The van der Waals surface area contributed by atoms with Crippen LogP contribution in [-0.4, -0.2) is 4.43 Å². The topological polar surface area (TPSA) is 0 Å². The van der Waals surface area contributed by atoms with Crippen LogP contribution in [0.3, 0.4) is 0 Å². The van der Waals surface area contributed by atoms with Gasteiger partial charge in [-0.05, 0) is 0 Å². The molecule has 0 unspecified atom stereocenters. The van der Waals surface area contributed by atoms with Gasteiger partial charge in [0.05, 0.1) is 0 Å². The molecule has 1 rings (SSSR count). The molecule has 0 saturated heterocycles. The fraction of sp³-hybridized carbons (Fsp3) is 0.250. The SMILES string of the molecule is CC[I-]c1ccc(Cl)cc1. The second-order valence-electron chi connectivity index (χ2n) is 1.84. The van der Waals surface area contributed by atoms with Gasteiger partial charge in [0.25, 0.3) is 0 Å². The van der Waals surface area contributed by atoms with Gasteiger partial charge in [0.15, 0.2) is 0 Å². The summed E-state index contributed by atoms with van der Waals surface area (Å²) in [5.74, 6) is 0. The van der Waals surface area contributed by atoms with Crippen LogP contribution in [0.25, 0.3) is 0 Å². The molecule has 56 valence electrons. The molecule has 0 aromatic heterocycles. The van der Waals surface area contributed by atoms with Crippen LogP contribution in [0.1, 0.15) is 6.92 Å². The van der Waals surface area contributed by atoms with Crippen LogP contribution in [0, 0.1) is 3.57 Å². The van der Waals surface area contributed by atoms with Crippen LogP contribution in [0.5, 0.6) is 0 Å². The minimum atomic E-state index is 0.258. The van der Waals surface area contributed by atoms with Crippen LogP contribution in [0.15, 0.2) is 24.3 Å². The molecule has 1 aromatic rings. The van der Waals surface area contributed by atoms with E-state index in [9.17, 15) is 0 Å². The van der Waals surface area contributed by atoms with E-state index >= 15 is 0 Å². The Labute approximate surface area is 76.9 Å². The maximum absolute atomic E-state index is 5.72. The average molecular weight is 268 g/mol. The van der Waals surface area contributed by atoms with Crippen molar-refractivity contribution in [3.63, 3.8) is 0 Å². The van der Waals surface area contributed by atoms with Crippen molar-refractivity contribution in [2.45, 2.75) is 6.92 Å². The monoisotopic (exact) mass is 267 g/mol. The molecule has 0 nitrogen and oxygen atoms in total. The Morgan fingerprint density at radius 1 is 1.30 bits per heavy atom. The van der Waals surface area contributed by atoms with Crippen molar-refractivity contribution in [1.29, 1.82) is 0 Å². The van der Waals surface area contributed by atoms with Crippen LogP contribution < -0.4 is 21.2 Å². The van der Waals surface area contributed by atoms with Gasteiger partial charge in [-0.25, -0.2) is 0 Å². The second-order valence-corrected chi connectivity index (χ2v) is 5.81. The van der Waals surface area contributed by atoms with Gasteiger partial charge in [-0.1, -0.05) is 0 Å². The summed E-state index contributed by atoms with van der Waals surface area (Å²) >= 11 is 5.98. The molecule has 0 amide bonds. The van der Waals surface area contributed by atoms with Gasteiger partial charge in [0.1, 0.15) is 0 Å². The molecular weight excluding hydrogens is 258 g/mol. The Morgan fingerprint density at radius 3 is 2.40 bits per heavy atom. The van der Waals surface area contributed by atoms with Gasteiger partial charge in [0.2, 0.25) is 0 Å². The molecule has 0 aliphatic heterocycles. The number of benzene rings is 1. The molecule has 2 heteroatoms. The summed E-state index contributed by atoms with van der Waals surface area (Å²) in [5, 5.41) is 0.837. The standard InChI is InChI=1S/C8H9ClI/c1-2-10-8-5-3-7(9)4-6-8/h3-6H,2H2,1H3/q-1. The summed E-state index contributed by atoms with van der Waals surface area (Å²) < 4.78 is 2.78. The molecule has 0 aliphatic rings. The van der Waals surface area contributed by atoms with E-state index in [4.69, 9.17) is 11.6 Å². The van der Waals surface area contributed by atoms with Crippen LogP contribution in [0.4, 0.5) is 0 Å². The number of halogens is 2. The zero-order valence-electron chi connectivity index (χ0n) is 5.77. The van der Waals surface area contributed by atoms with E-state index in [-0.39, 0.29) is 21.2 Å². The van der Waals surface area contributed by atoms with Crippen molar-refractivity contribution in [3.05, 3.63) is 32.9 Å². The Bertz CT molecular complexity index is 193. The van der Waals surface area contributed by atoms with E-state index in [1.165, 1.54) is 8.00 Å². The average Bonchev–Trinajstić information content (AvgIpc) is 1.95. The number of hydrogen-bond donors (Lipinski definition) is 0. The van der Waals surface area contributed by atoms with Crippen LogP contribution in [-0.2, 0) is 0 Å². The number of rotatable bonds is 2. The van der Waals surface area contributed by atoms with Crippen LogP contribution >= 0.6 is 11.6 Å². The summed E-state index contributed by atoms with van der Waals surface area (Å²) in [4.78, 5) is 0. The quantitative estimate of drug-likeness (QED) is 0.506. The molecule has 0 N–H and O–H groups in total. The fourth-order valence-corrected chi connectivity index (χ4v) is 2.55. The number of hydrogen-bond acceptors (Lipinski definition) is 0. The van der Waals surface area contributed by atoms with E-state index in [1.54, 1.807) is 0 Å². The van der Waals surface area contributed by atoms with Gasteiger partial charge < -0.3 is 0 Å². The van der Waals surface area contributed by atoms with Crippen molar-refractivity contribution >= 4 is 11.6 Å². The van der Waals surface area contributed by atoms with Gasteiger partial charge in [-0.2, -0.15) is 0 Å². The minimum absolute atomic E-state index is 0.258. The summed E-state index contributed by atoms with van der Waals surface area (Å²) in [7, 11) is 0. The molecule has 0 heterocycles. The van der Waals surface area contributed by atoms with Crippen molar-refractivity contribution in [1.82, 2.24) is 0 Å². The van der Waals surface area contributed by atoms with Crippen molar-refractivity contribution < 1.29 is 21.2 Å². The Morgan fingerprint density at radius 2 is 1.90 bits per heavy atom. The van der Waals surface area contributed by atoms with Gasteiger partial charge in [-0.3, -0.25) is 0 Å². The van der Waals surface area contributed by atoms with Gasteiger partial charge >= 0.3 is 77.0 Å². The van der Waals surface area contributed by atoms with Gasteiger partial charge in [-0.15, -0.1) is 0 Å². The third-order valence-corrected chi connectivity index (χ3v) is 3.71. The van der Waals surface area contributed by atoms with Crippen molar-refractivity contribution in [2.75, 3.05) is 4.43 Å². The van der Waals surface area contributed by atoms with E-state index in [0.29, 0.717) is 0 Å². The van der Waals surface area contributed by atoms with Crippen LogP contribution in [0.2, 0.25) is 5.02 Å². The molecule has 0 saturated carbocycles. The third-order valence-electron chi connectivity index (χ3n) is 1.09. The van der Waals surface area contributed by atoms with Crippen molar-refractivity contribution in [3.8, 4) is 0 Å². The Hall–Kier alpha value is 0.240. The third kappa shape index (κ3) is 2.46. The van der Waals surface area contributed by atoms with E-state index in [2.05, 4.69) is 19.1 Å². The maximum atomic E-state index is 5.72. The Kier molecular flexibility index (Phi) is 3.49. The van der Waals surface area contributed by atoms with E-state index < -0.39 is 0 Å².